The number of aryl methyl sites for hydroxylation is 2. The number of hydrogen-bond acceptors (Lipinski definition) is 8. The van der Waals surface area contributed by atoms with Gasteiger partial charge in [-0.05, 0) is 38.1 Å². The predicted molar refractivity (Wildman–Crippen MR) is 115 cm³/mol. The van der Waals surface area contributed by atoms with Crippen molar-refractivity contribution in [1.82, 2.24) is 9.80 Å². The van der Waals surface area contributed by atoms with Crippen LogP contribution >= 0.6 is 22.7 Å². The number of rotatable bonds is 5. The van der Waals surface area contributed by atoms with E-state index < -0.39 is 53.7 Å². The molecule has 2 unspecified atom stereocenters. The Morgan fingerprint density at radius 3 is 1.43 bits per heavy atom. The van der Waals surface area contributed by atoms with Gasteiger partial charge in [0.05, 0.1) is 0 Å². The first-order valence-electron chi connectivity index (χ1n) is 9.14. The second-order valence-electron chi connectivity index (χ2n) is 7.39. The molecule has 2 fully saturated rings. The molecule has 2 aliphatic heterocycles. The number of carbonyl (C=O) groups excluding carboxylic acids is 2. The lowest BCUT2D eigenvalue weighted by Gasteiger charge is -2.28. The third-order valence-corrected chi connectivity index (χ3v) is 11.2. The standard InChI is InChI=1S/C18H20N2O6S4/c1-11-3-5-13(27-11)17-19(15(21)9-29(17,23)24)7-8-20-16(22)10-30(25,26)18(20)14-6-4-12(2)28-14/h3-6,17-18H,7-10H2,1-2H3. The van der Waals surface area contributed by atoms with E-state index in [2.05, 4.69) is 0 Å². The Labute approximate surface area is 183 Å². The van der Waals surface area contributed by atoms with Crippen molar-refractivity contribution in [2.75, 3.05) is 24.6 Å². The van der Waals surface area contributed by atoms with Gasteiger partial charge in [-0.2, -0.15) is 0 Å². The molecule has 0 spiro atoms. The van der Waals surface area contributed by atoms with Crippen molar-refractivity contribution >= 4 is 54.2 Å². The van der Waals surface area contributed by atoms with Gasteiger partial charge in [0, 0.05) is 32.6 Å². The van der Waals surface area contributed by atoms with Crippen LogP contribution in [0.3, 0.4) is 0 Å². The van der Waals surface area contributed by atoms with Crippen LogP contribution in [0.25, 0.3) is 0 Å². The number of amides is 2. The van der Waals surface area contributed by atoms with Crippen LogP contribution in [0.4, 0.5) is 0 Å². The molecule has 4 rings (SSSR count). The number of sulfone groups is 2. The predicted octanol–water partition coefficient (Wildman–Crippen LogP) is 1.64. The molecule has 0 radical (unpaired) electrons. The van der Waals surface area contributed by atoms with Crippen LogP contribution in [0.5, 0.6) is 0 Å². The fourth-order valence-corrected chi connectivity index (χ4v) is 10.2. The van der Waals surface area contributed by atoms with E-state index in [9.17, 15) is 26.4 Å². The van der Waals surface area contributed by atoms with Crippen LogP contribution in [0.15, 0.2) is 24.3 Å². The Morgan fingerprint density at radius 2 is 1.13 bits per heavy atom. The molecular weight excluding hydrogens is 468 g/mol. The fourth-order valence-electron chi connectivity index (χ4n) is 3.85. The summed E-state index contributed by atoms with van der Waals surface area (Å²) in [7, 11) is -7.40. The van der Waals surface area contributed by atoms with Gasteiger partial charge >= 0.3 is 0 Å². The van der Waals surface area contributed by atoms with Crippen molar-refractivity contribution in [2.45, 2.75) is 24.6 Å². The smallest absolute Gasteiger partial charge is 0.239 e. The minimum atomic E-state index is -3.70. The van der Waals surface area contributed by atoms with Crippen LogP contribution in [0.1, 0.15) is 30.3 Å². The maximum atomic E-state index is 12.6. The highest BCUT2D eigenvalue weighted by molar-refractivity contribution is 7.93. The molecule has 4 heterocycles. The summed E-state index contributed by atoms with van der Waals surface area (Å²) in [5, 5.41) is -2.19. The quantitative estimate of drug-likeness (QED) is 0.633. The Bertz CT molecular complexity index is 1130. The molecule has 8 nitrogen and oxygen atoms in total. The molecule has 162 valence electrons. The highest BCUT2D eigenvalue weighted by Gasteiger charge is 2.48. The molecule has 2 saturated heterocycles. The number of hydrogen-bond donors (Lipinski definition) is 0. The highest BCUT2D eigenvalue weighted by atomic mass is 32.2. The van der Waals surface area contributed by atoms with Gasteiger partial charge in [-0.3, -0.25) is 9.59 Å². The van der Waals surface area contributed by atoms with Crippen molar-refractivity contribution in [1.29, 1.82) is 0 Å². The normalized spacial score (nSPS) is 25.4. The van der Waals surface area contributed by atoms with Gasteiger partial charge in [0.15, 0.2) is 30.4 Å². The van der Waals surface area contributed by atoms with E-state index in [1.54, 1.807) is 24.3 Å². The Hall–Kier alpha value is -1.76. The number of carbonyl (C=O) groups is 2. The first kappa shape index (κ1) is 21.5. The van der Waals surface area contributed by atoms with Gasteiger partial charge in [-0.25, -0.2) is 16.8 Å². The summed E-state index contributed by atoms with van der Waals surface area (Å²) in [6, 6.07) is 6.97. The van der Waals surface area contributed by atoms with Gasteiger partial charge < -0.3 is 9.80 Å². The van der Waals surface area contributed by atoms with Crippen LogP contribution in [0.2, 0.25) is 0 Å². The molecule has 0 saturated carbocycles. The minimum absolute atomic E-state index is 0.0538. The van der Waals surface area contributed by atoms with E-state index in [-0.39, 0.29) is 13.1 Å². The lowest BCUT2D eigenvalue weighted by Crippen LogP contribution is -2.39. The summed E-state index contributed by atoms with van der Waals surface area (Å²) < 4.78 is 50.5. The highest BCUT2D eigenvalue weighted by Crippen LogP contribution is 2.39. The average Bonchev–Trinajstić information content (AvgIpc) is 3.32. The van der Waals surface area contributed by atoms with Gasteiger partial charge in [-0.1, -0.05) is 0 Å². The van der Waals surface area contributed by atoms with Crippen molar-refractivity contribution in [3.63, 3.8) is 0 Å². The Kier molecular flexibility index (Phi) is 5.32. The molecule has 0 aliphatic carbocycles. The Balaban J connectivity index is 1.62. The number of thiophene rings is 2. The summed E-state index contributed by atoms with van der Waals surface area (Å²) in [6.45, 7) is 3.59. The monoisotopic (exact) mass is 488 g/mol. The molecule has 0 N–H and O–H groups in total. The summed E-state index contributed by atoms with van der Waals surface area (Å²) in [5.74, 6) is -2.25. The topological polar surface area (TPSA) is 109 Å². The molecule has 2 aliphatic rings. The molecule has 2 aromatic rings. The molecule has 2 aromatic heterocycles. The summed E-state index contributed by atoms with van der Waals surface area (Å²) in [6.07, 6.45) is 0. The van der Waals surface area contributed by atoms with E-state index in [1.165, 1.54) is 32.5 Å². The molecule has 30 heavy (non-hydrogen) atoms. The largest absolute Gasteiger partial charge is 0.319 e. The van der Waals surface area contributed by atoms with E-state index in [0.717, 1.165) is 9.75 Å². The maximum Gasteiger partial charge on any atom is 0.239 e. The molecule has 0 bridgehead atoms. The van der Waals surface area contributed by atoms with Gasteiger partial charge in [0.25, 0.3) is 0 Å². The SMILES string of the molecule is Cc1ccc(C2N(CCN3C(=O)CS(=O)(=O)C3c3ccc(C)s3)C(=O)CS2(=O)=O)s1. The second-order valence-corrected chi connectivity index (χ2v) is 14.2. The molecule has 2 atom stereocenters. The van der Waals surface area contributed by atoms with Crippen molar-refractivity contribution in [3.05, 3.63) is 43.8 Å². The van der Waals surface area contributed by atoms with Crippen LogP contribution in [-0.4, -0.2) is 63.0 Å². The van der Waals surface area contributed by atoms with E-state index in [1.807, 2.05) is 13.8 Å². The van der Waals surface area contributed by atoms with Gasteiger partial charge in [0.1, 0.15) is 11.5 Å². The second kappa shape index (κ2) is 7.43. The fraction of sp³-hybridized carbons (Fsp3) is 0.444. The number of nitrogens with zero attached hydrogens (tertiary/aromatic N) is 2. The minimum Gasteiger partial charge on any atom is -0.319 e. The zero-order valence-electron chi connectivity index (χ0n) is 16.3. The van der Waals surface area contributed by atoms with Crippen LogP contribution in [-0.2, 0) is 29.3 Å². The first-order chi connectivity index (χ1) is 14.0. The molecule has 0 aromatic carbocycles. The molecular formula is C18H20N2O6S4. The first-order valence-corrected chi connectivity index (χ1v) is 14.2. The van der Waals surface area contributed by atoms with Crippen LogP contribution < -0.4 is 0 Å². The van der Waals surface area contributed by atoms with E-state index in [4.69, 9.17) is 0 Å². The maximum absolute atomic E-state index is 12.6. The van der Waals surface area contributed by atoms with E-state index in [0.29, 0.717) is 9.75 Å². The Morgan fingerprint density at radius 1 is 0.767 bits per heavy atom. The van der Waals surface area contributed by atoms with Gasteiger partial charge in [-0.15, -0.1) is 22.7 Å². The van der Waals surface area contributed by atoms with E-state index >= 15 is 0 Å². The third kappa shape index (κ3) is 3.70. The summed E-state index contributed by atoms with van der Waals surface area (Å²) in [5.41, 5.74) is 0. The zero-order chi connectivity index (χ0) is 21.8. The lowest BCUT2D eigenvalue weighted by atomic mass is 10.3. The van der Waals surface area contributed by atoms with Crippen molar-refractivity contribution in [3.8, 4) is 0 Å². The summed E-state index contributed by atoms with van der Waals surface area (Å²) >= 11 is 2.61. The average molecular weight is 489 g/mol. The zero-order valence-corrected chi connectivity index (χ0v) is 19.5. The third-order valence-electron chi connectivity index (χ3n) is 5.13. The summed E-state index contributed by atoms with van der Waals surface area (Å²) in [4.78, 5) is 30.4. The van der Waals surface area contributed by atoms with Crippen molar-refractivity contribution < 1.29 is 26.4 Å². The van der Waals surface area contributed by atoms with Crippen LogP contribution in [0, 0.1) is 13.8 Å². The molecule has 2 amide bonds. The molecule has 12 heteroatoms. The van der Waals surface area contributed by atoms with Gasteiger partial charge in [0.2, 0.25) is 11.8 Å². The lowest BCUT2D eigenvalue weighted by molar-refractivity contribution is -0.132. The van der Waals surface area contributed by atoms with Crippen molar-refractivity contribution in [2.24, 2.45) is 0 Å².